The second kappa shape index (κ2) is 4.63. The number of benzene rings is 2. The minimum Gasteiger partial charge on any atom is -0.359 e. The van der Waals surface area contributed by atoms with Gasteiger partial charge in [-0.05, 0) is 43.2 Å². The van der Waals surface area contributed by atoms with Crippen LogP contribution in [0.5, 0.6) is 0 Å². The summed E-state index contributed by atoms with van der Waals surface area (Å²) in [7, 11) is 0. The molecule has 3 heterocycles. The van der Waals surface area contributed by atoms with Gasteiger partial charge >= 0.3 is 0 Å². The van der Waals surface area contributed by atoms with Crippen molar-refractivity contribution < 1.29 is 4.11 Å². The van der Waals surface area contributed by atoms with Crippen LogP contribution in [0.25, 0.3) is 16.7 Å². The van der Waals surface area contributed by atoms with E-state index in [0.717, 1.165) is 34.5 Å². The second-order valence-electron chi connectivity index (χ2n) is 6.54. The molecule has 2 aliphatic rings. The number of aryl methyl sites for hydroxylation is 1. The molecule has 0 amide bonds. The van der Waals surface area contributed by atoms with E-state index in [1.54, 1.807) is 6.20 Å². The lowest BCUT2D eigenvalue weighted by Crippen LogP contribution is -2.33. The Hall–Kier alpha value is -2.75. The molecule has 1 atom stereocenters. The Morgan fingerprint density at radius 3 is 2.88 bits per heavy atom. The molecular formula is C20H20N4. The van der Waals surface area contributed by atoms with Gasteiger partial charge in [0.15, 0.2) is 0 Å². The third kappa shape index (κ3) is 1.71. The number of aromatic nitrogens is 2. The Balaban J connectivity index is 1.64. The molecule has 3 aromatic rings. The number of anilines is 1. The van der Waals surface area contributed by atoms with Crippen LogP contribution in [0.3, 0.4) is 0 Å². The molecule has 0 radical (unpaired) electrons. The van der Waals surface area contributed by atoms with Crippen molar-refractivity contribution in [2.24, 2.45) is 0 Å². The summed E-state index contributed by atoms with van der Waals surface area (Å²) in [4.78, 5) is 8.26. The average Bonchev–Trinajstić information content (AvgIpc) is 3.24. The van der Waals surface area contributed by atoms with E-state index in [4.69, 9.17) is 9.10 Å². The minimum absolute atomic E-state index is 0.276. The van der Waals surface area contributed by atoms with Crippen LogP contribution < -0.4 is 4.90 Å². The number of para-hydroxylation sites is 1. The maximum Gasteiger partial charge on any atom is 0.118 e. The van der Waals surface area contributed by atoms with Gasteiger partial charge in [0, 0.05) is 35.6 Å². The van der Waals surface area contributed by atoms with E-state index >= 15 is 0 Å². The highest BCUT2D eigenvalue weighted by Gasteiger charge is 2.25. The van der Waals surface area contributed by atoms with E-state index in [1.165, 1.54) is 16.2 Å². The van der Waals surface area contributed by atoms with Crippen LogP contribution in [-0.2, 0) is 6.42 Å². The van der Waals surface area contributed by atoms with Crippen molar-refractivity contribution in [3.63, 3.8) is 0 Å². The van der Waals surface area contributed by atoms with Crippen LogP contribution in [0, 0.1) is 6.92 Å². The van der Waals surface area contributed by atoms with Crippen molar-refractivity contribution in [2.75, 3.05) is 11.9 Å². The van der Waals surface area contributed by atoms with Crippen molar-refractivity contribution >= 4 is 16.7 Å². The standard InChI is InChI=1S/C20H20N4/c1-13-10-16-19(12-18(13)23-9-8-22(3)14(23)2)24-17-7-5-4-6-15(17)11-20(24)21-16/h4-10,12,14H,11H2,1-3H3/t14-/m0/s1/i3D3. The van der Waals surface area contributed by atoms with E-state index in [9.17, 15) is 0 Å². The highest BCUT2D eigenvalue weighted by atomic mass is 15.4. The van der Waals surface area contributed by atoms with E-state index in [0.29, 0.717) is 0 Å². The highest BCUT2D eigenvalue weighted by Crippen LogP contribution is 2.36. The summed E-state index contributed by atoms with van der Waals surface area (Å²) in [5.41, 5.74) is 6.58. The lowest BCUT2D eigenvalue weighted by molar-refractivity contribution is 0.383. The predicted octanol–water partition coefficient (Wildman–Crippen LogP) is 3.81. The lowest BCUT2D eigenvalue weighted by Gasteiger charge is -2.28. The topological polar surface area (TPSA) is 24.3 Å². The van der Waals surface area contributed by atoms with Crippen molar-refractivity contribution in [3.05, 3.63) is 65.7 Å². The van der Waals surface area contributed by atoms with Crippen molar-refractivity contribution in [2.45, 2.75) is 26.4 Å². The van der Waals surface area contributed by atoms with Crippen LogP contribution >= 0.6 is 0 Å². The first-order chi connectivity index (χ1) is 12.8. The predicted molar refractivity (Wildman–Crippen MR) is 97.5 cm³/mol. The second-order valence-corrected chi connectivity index (χ2v) is 6.54. The van der Waals surface area contributed by atoms with Gasteiger partial charge in [0.1, 0.15) is 12.0 Å². The number of nitrogens with zero attached hydrogens (tertiary/aromatic N) is 4. The van der Waals surface area contributed by atoms with Crippen LogP contribution in [0.4, 0.5) is 5.69 Å². The van der Waals surface area contributed by atoms with Crippen LogP contribution in [0.2, 0.25) is 0 Å². The molecule has 4 heteroatoms. The Morgan fingerprint density at radius 2 is 2.04 bits per heavy atom. The molecule has 0 unspecified atom stereocenters. The third-order valence-corrected chi connectivity index (χ3v) is 5.09. The van der Waals surface area contributed by atoms with Gasteiger partial charge in [-0.25, -0.2) is 4.98 Å². The van der Waals surface area contributed by atoms with Crippen LogP contribution in [0.1, 0.15) is 28.0 Å². The fraction of sp³-hybridized carbons (Fsp3) is 0.250. The van der Waals surface area contributed by atoms with Gasteiger partial charge in [0.05, 0.1) is 16.7 Å². The fourth-order valence-corrected chi connectivity index (χ4v) is 3.79. The van der Waals surface area contributed by atoms with Gasteiger partial charge < -0.3 is 9.80 Å². The quantitative estimate of drug-likeness (QED) is 0.533. The molecule has 4 nitrogen and oxygen atoms in total. The molecule has 0 fully saturated rings. The molecule has 0 saturated carbocycles. The average molecular weight is 319 g/mol. The zero-order valence-electron chi connectivity index (χ0n) is 16.7. The molecule has 2 aliphatic heterocycles. The molecule has 120 valence electrons. The van der Waals surface area contributed by atoms with Crippen LogP contribution in [0.15, 0.2) is 48.8 Å². The summed E-state index contributed by atoms with van der Waals surface area (Å²) in [5, 5.41) is 0. The first-order valence-corrected chi connectivity index (χ1v) is 8.20. The van der Waals surface area contributed by atoms with Gasteiger partial charge in [0.2, 0.25) is 0 Å². The van der Waals surface area contributed by atoms with Crippen molar-refractivity contribution in [1.82, 2.24) is 14.5 Å². The van der Waals surface area contributed by atoms with Gasteiger partial charge in [-0.3, -0.25) is 4.57 Å². The normalized spacial score (nSPS) is 20.9. The monoisotopic (exact) mass is 319 g/mol. The molecule has 0 saturated heterocycles. The largest absolute Gasteiger partial charge is 0.359 e. The van der Waals surface area contributed by atoms with E-state index < -0.39 is 6.98 Å². The van der Waals surface area contributed by atoms with Crippen molar-refractivity contribution in [1.29, 1.82) is 0 Å². The number of hydrogen-bond donors (Lipinski definition) is 0. The molecule has 2 aromatic carbocycles. The fourth-order valence-electron chi connectivity index (χ4n) is 3.79. The first kappa shape index (κ1) is 10.9. The minimum atomic E-state index is -2.15. The number of rotatable bonds is 1. The van der Waals surface area contributed by atoms with Gasteiger partial charge in [0.25, 0.3) is 0 Å². The van der Waals surface area contributed by atoms with Crippen molar-refractivity contribution in [3.8, 4) is 5.69 Å². The lowest BCUT2D eigenvalue weighted by atomic mass is 10.1. The molecule has 1 aromatic heterocycles. The maximum absolute atomic E-state index is 7.72. The highest BCUT2D eigenvalue weighted by molar-refractivity contribution is 5.85. The molecular weight excluding hydrogens is 296 g/mol. The Morgan fingerprint density at radius 1 is 1.17 bits per heavy atom. The Bertz CT molecular complexity index is 1100. The SMILES string of the molecule is [2H]C([2H])([2H])N1C=CN(c2cc3c(cc2C)nc2n3-c3ccccc3C2)[C@H]1C. The summed E-state index contributed by atoms with van der Waals surface area (Å²) in [6.45, 7) is 1.80. The zero-order chi connectivity index (χ0) is 18.9. The van der Waals surface area contributed by atoms with Gasteiger partial charge in [-0.1, -0.05) is 18.2 Å². The molecule has 5 rings (SSSR count). The zero-order valence-corrected chi connectivity index (χ0v) is 13.7. The van der Waals surface area contributed by atoms with E-state index in [1.807, 2.05) is 31.0 Å². The van der Waals surface area contributed by atoms with Gasteiger partial charge in [-0.15, -0.1) is 0 Å². The molecule has 0 aliphatic carbocycles. The first-order valence-electron chi connectivity index (χ1n) is 9.70. The summed E-state index contributed by atoms with van der Waals surface area (Å²) in [5.74, 6) is 1.05. The summed E-state index contributed by atoms with van der Waals surface area (Å²) < 4.78 is 25.4. The molecule has 0 spiro atoms. The van der Waals surface area contributed by atoms with E-state index in [-0.39, 0.29) is 6.17 Å². The molecule has 0 N–H and O–H groups in total. The number of fused-ring (bicyclic) bond motifs is 5. The summed E-state index contributed by atoms with van der Waals surface area (Å²) >= 11 is 0. The smallest absolute Gasteiger partial charge is 0.118 e. The maximum atomic E-state index is 7.72. The Labute approximate surface area is 145 Å². The summed E-state index contributed by atoms with van der Waals surface area (Å²) in [6, 6.07) is 12.6. The summed E-state index contributed by atoms with van der Waals surface area (Å²) in [6.07, 6.45) is 4.06. The van der Waals surface area contributed by atoms with Gasteiger partial charge in [-0.2, -0.15) is 0 Å². The van der Waals surface area contributed by atoms with Crippen LogP contribution in [-0.4, -0.2) is 27.6 Å². The third-order valence-electron chi connectivity index (χ3n) is 5.09. The number of imidazole rings is 1. The molecule has 0 bridgehead atoms. The van der Waals surface area contributed by atoms with E-state index in [2.05, 4.69) is 34.9 Å². The Kier molecular flexibility index (Phi) is 2.11. The molecule has 24 heavy (non-hydrogen) atoms. The number of hydrogen-bond acceptors (Lipinski definition) is 3.